The SMILES string of the molecule is COCCOCCOCCOC[C@@H]1O[C@H](OP(=O)(O)OP(=O)(O)OC[C@H]2OC(n3ccc(=O)[nH]c3=O)[C@H](O)[C@@H]2O)[C@@H](O)[C@@H](O)[C@H]1O. The number of nitrogens with one attached hydrogen (secondary N) is 1. The number of aromatic amines is 1. The van der Waals surface area contributed by atoms with Crippen LogP contribution in [-0.4, -0.2) is 154 Å². The molecule has 22 nitrogen and oxygen atoms in total. The summed E-state index contributed by atoms with van der Waals surface area (Å²) in [6, 6.07) is 0.935. The molecule has 1 aromatic heterocycles. The molecule has 266 valence electrons. The number of ether oxygens (including phenoxy) is 6. The highest BCUT2D eigenvalue weighted by atomic mass is 31.3. The molecule has 11 atom stereocenters. The maximum Gasteiger partial charge on any atom is 0.483 e. The summed E-state index contributed by atoms with van der Waals surface area (Å²) in [4.78, 5) is 45.2. The van der Waals surface area contributed by atoms with Gasteiger partial charge in [-0.1, -0.05) is 0 Å². The summed E-state index contributed by atoms with van der Waals surface area (Å²) >= 11 is 0. The molecule has 0 aromatic carbocycles. The second kappa shape index (κ2) is 17.8. The maximum absolute atomic E-state index is 12.5. The first-order chi connectivity index (χ1) is 21.7. The number of phosphoric acid groups is 2. The van der Waals surface area contributed by atoms with Crippen LogP contribution in [0.2, 0.25) is 0 Å². The van der Waals surface area contributed by atoms with E-state index in [1.807, 2.05) is 4.98 Å². The van der Waals surface area contributed by atoms with Crippen LogP contribution in [0.15, 0.2) is 21.9 Å². The van der Waals surface area contributed by atoms with E-state index in [9.17, 15) is 54.0 Å². The quantitative estimate of drug-likeness (QED) is 0.0499. The predicted molar refractivity (Wildman–Crippen MR) is 146 cm³/mol. The molecule has 24 heteroatoms. The Morgan fingerprint density at radius 3 is 2.00 bits per heavy atom. The van der Waals surface area contributed by atoms with Gasteiger partial charge in [-0.05, 0) is 0 Å². The summed E-state index contributed by atoms with van der Waals surface area (Å²) in [5, 5.41) is 51.0. The summed E-state index contributed by atoms with van der Waals surface area (Å²) in [7, 11) is -9.62. The largest absolute Gasteiger partial charge is 0.483 e. The van der Waals surface area contributed by atoms with Crippen molar-refractivity contribution >= 4 is 15.6 Å². The van der Waals surface area contributed by atoms with Gasteiger partial charge in [0.15, 0.2) is 12.5 Å². The van der Waals surface area contributed by atoms with Crippen molar-refractivity contribution in [2.24, 2.45) is 0 Å². The first kappa shape index (κ1) is 38.9. The van der Waals surface area contributed by atoms with E-state index in [4.69, 9.17) is 28.4 Å². The second-order valence-corrected chi connectivity index (χ2v) is 12.8. The van der Waals surface area contributed by atoms with Gasteiger partial charge in [-0.25, -0.2) is 13.9 Å². The maximum atomic E-state index is 12.5. The minimum atomic E-state index is -5.64. The molecule has 2 saturated heterocycles. The number of rotatable bonds is 19. The number of hydrogen-bond acceptors (Lipinski definition) is 18. The van der Waals surface area contributed by atoms with Crippen LogP contribution < -0.4 is 11.2 Å². The first-order valence-electron chi connectivity index (χ1n) is 13.6. The lowest BCUT2D eigenvalue weighted by Crippen LogP contribution is -2.59. The molecule has 8 N–H and O–H groups in total. The second-order valence-electron chi connectivity index (χ2n) is 9.79. The Morgan fingerprint density at radius 1 is 0.783 bits per heavy atom. The molecule has 3 unspecified atom stereocenters. The third-order valence-electron chi connectivity index (χ3n) is 6.43. The van der Waals surface area contributed by atoms with Crippen molar-refractivity contribution in [1.29, 1.82) is 0 Å². The molecular formula is C22H38N2O20P2. The van der Waals surface area contributed by atoms with Crippen LogP contribution in [0.25, 0.3) is 0 Å². The van der Waals surface area contributed by atoms with Gasteiger partial charge in [-0.3, -0.25) is 23.4 Å². The average Bonchev–Trinajstić information content (AvgIpc) is 3.26. The van der Waals surface area contributed by atoms with Gasteiger partial charge in [0.05, 0.1) is 52.9 Å². The number of phosphoric ester groups is 2. The number of aliphatic hydroxyl groups is 5. The number of methoxy groups -OCH3 is 1. The lowest BCUT2D eigenvalue weighted by molar-refractivity contribution is -0.283. The Labute approximate surface area is 260 Å². The molecule has 0 aliphatic carbocycles. The van der Waals surface area contributed by atoms with Gasteiger partial charge in [0.2, 0.25) is 0 Å². The lowest BCUT2D eigenvalue weighted by Gasteiger charge is -2.40. The number of nitrogens with zero attached hydrogens (tertiary/aromatic N) is 1. The Hall–Kier alpha value is -1.50. The van der Waals surface area contributed by atoms with Crippen LogP contribution in [-0.2, 0) is 50.9 Å². The van der Waals surface area contributed by atoms with Crippen molar-refractivity contribution in [2.75, 3.05) is 60.0 Å². The summed E-state index contributed by atoms with van der Waals surface area (Å²) < 4.78 is 70.2. The van der Waals surface area contributed by atoms with E-state index in [1.54, 1.807) is 0 Å². The molecule has 1 aromatic rings. The van der Waals surface area contributed by atoms with Gasteiger partial charge in [0, 0.05) is 19.4 Å². The number of hydrogen-bond donors (Lipinski definition) is 8. The van der Waals surface area contributed by atoms with E-state index in [2.05, 4.69) is 13.4 Å². The van der Waals surface area contributed by atoms with Crippen LogP contribution in [0, 0.1) is 0 Å². The highest BCUT2D eigenvalue weighted by Crippen LogP contribution is 2.61. The first-order valence-corrected chi connectivity index (χ1v) is 16.6. The monoisotopic (exact) mass is 712 g/mol. The normalized spacial score (nSPS) is 32.7. The van der Waals surface area contributed by atoms with E-state index in [-0.39, 0.29) is 19.8 Å². The Morgan fingerprint density at radius 2 is 1.37 bits per heavy atom. The standard InChI is InChI=1S/C22H38N2O20P2/c1-36-4-5-37-6-7-38-8-9-39-10-12-15(26)17(28)19(30)21(42-12)43-46(34,35)44-45(32,33)40-11-13-16(27)18(29)20(41-13)24-3-2-14(25)23-22(24)31/h2-3,12-13,15-21,26-30H,4-11H2,1H3,(H,32,33)(H,34,35)(H,23,25,31)/t12-,13+,15-,16+,17-,18+,19-,20?,21+/m0/s1. The van der Waals surface area contributed by atoms with Gasteiger partial charge in [0.25, 0.3) is 5.56 Å². The van der Waals surface area contributed by atoms with E-state index in [0.717, 1.165) is 16.8 Å². The van der Waals surface area contributed by atoms with Crippen molar-refractivity contribution in [3.8, 4) is 0 Å². The molecule has 0 radical (unpaired) electrons. The van der Waals surface area contributed by atoms with E-state index >= 15 is 0 Å². The molecule has 46 heavy (non-hydrogen) atoms. The lowest BCUT2D eigenvalue weighted by atomic mass is 9.99. The average molecular weight is 712 g/mol. The molecule has 2 aliphatic heterocycles. The van der Waals surface area contributed by atoms with Gasteiger partial charge >= 0.3 is 21.3 Å². The number of H-pyrrole nitrogens is 1. The minimum Gasteiger partial charge on any atom is -0.387 e. The highest BCUT2D eigenvalue weighted by Gasteiger charge is 2.49. The van der Waals surface area contributed by atoms with Crippen molar-refractivity contribution in [3.63, 3.8) is 0 Å². The molecule has 0 bridgehead atoms. The molecule has 0 saturated carbocycles. The molecule has 0 amide bonds. The summed E-state index contributed by atoms with van der Waals surface area (Å²) in [6.07, 6.45) is -15.2. The van der Waals surface area contributed by atoms with Gasteiger partial charge in [0.1, 0.15) is 42.7 Å². The Balaban J connectivity index is 1.48. The molecule has 3 heterocycles. The van der Waals surface area contributed by atoms with Crippen molar-refractivity contribution in [1.82, 2.24) is 9.55 Å². The van der Waals surface area contributed by atoms with E-state index in [1.165, 1.54) is 7.11 Å². The molecule has 2 fully saturated rings. The summed E-state index contributed by atoms with van der Waals surface area (Å²) in [6.45, 7) is 0.0814. The zero-order chi connectivity index (χ0) is 34.1. The molecule has 2 aliphatic rings. The third kappa shape index (κ3) is 11.3. The van der Waals surface area contributed by atoms with Crippen molar-refractivity contribution in [2.45, 2.75) is 55.2 Å². The number of aromatic nitrogens is 2. The zero-order valence-electron chi connectivity index (χ0n) is 24.3. The van der Waals surface area contributed by atoms with Crippen LogP contribution in [0.3, 0.4) is 0 Å². The minimum absolute atomic E-state index is 0.000242. The Kier molecular flexibility index (Phi) is 15.0. The Bertz CT molecular complexity index is 1300. The fourth-order valence-electron chi connectivity index (χ4n) is 4.12. The van der Waals surface area contributed by atoms with E-state index in [0.29, 0.717) is 19.8 Å². The molecule has 0 spiro atoms. The topological polar surface area (TPSA) is 314 Å². The highest BCUT2D eigenvalue weighted by molar-refractivity contribution is 7.61. The smallest absolute Gasteiger partial charge is 0.387 e. The summed E-state index contributed by atoms with van der Waals surface area (Å²) in [5.41, 5.74) is -1.75. The van der Waals surface area contributed by atoms with Crippen LogP contribution in [0.5, 0.6) is 0 Å². The van der Waals surface area contributed by atoms with Crippen LogP contribution in [0.1, 0.15) is 6.23 Å². The van der Waals surface area contributed by atoms with E-state index < -0.39 is 95.4 Å². The summed E-state index contributed by atoms with van der Waals surface area (Å²) in [5.74, 6) is 0. The fourth-order valence-corrected chi connectivity index (χ4v) is 6.28. The van der Waals surface area contributed by atoms with Crippen LogP contribution >= 0.6 is 15.6 Å². The van der Waals surface area contributed by atoms with Gasteiger partial charge in [-0.2, -0.15) is 4.31 Å². The van der Waals surface area contributed by atoms with Crippen molar-refractivity contribution < 1.29 is 86.2 Å². The van der Waals surface area contributed by atoms with Gasteiger partial charge < -0.3 is 63.7 Å². The van der Waals surface area contributed by atoms with Crippen molar-refractivity contribution in [3.05, 3.63) is 33.1 Å². The molecular weight excluding hydrogens is 674 g/mol. The zero-order valence-corrected chi connectivity index (χ0v) is 26.1. The fraction of sp³-hybridized carbons (Fsp3) is 0.818. The third-order valence-corrected chi connectivity index (χ3v) is 9.03. The molecule has 3 rings (SSSR count). The van der Waals surface area contributed by atoms with Crippen LogP contribution in [0.4, 0.5) is 0 Å². The van der Waals surface area contributed by atoms with Gasteiger partial charge in [-0.15, -0.1) is 0 Å². The number of aliphatic hydroxyl groups excluding tert-OH is 5. The predicted octanol–water partition coefficient (Wildman–Crippen LogP) is -4.09.